The third kappa shape index (κ3) is 7.69. The van der Waals surface area contributed by atoms with E-state index in [4.69, 9.17) is 26.1 Å². The van der Waals surface area contributed by atoms with E-state index in [2.05, 4.69) is 13.8 Å². The molecule has 3 aromatic rings. The average molecular weight is 620 g/mol. The number of aromatic nitrogens is 3. The molecule has 1 fully saturated rings. The summed E-state index contributed by atoms with van der Waals surface area (Å²) in [6.07, 6.45) is -3.70. The Labute approximate surface area is 234 Å². The summed E-state index contributed by atoms with van der Waals surface area (Å²) in [5.74, 6) is 0. The van der Waals surface area contributed by atoms with E-state index in [1.165, 1.54) is 6.20 Å². The number of hydrogen-bond donors (Lipinski definition) is 5. The summed E-state index contributed by atoms with van der Waals surface area (Å²) in [6, 6.07) is 11.6. The molecule has 5 N–H and O–H groups in total. The molecule has 0 spiro atoms. The Morgan fingerprint density at radius 3 is 2.50 bits per heavy atom. The molecule has 5 atom stereocenters. The Morgan fingerprint density at radius 1 is 1.12 bits per heavy atom. The summed E-state index contributed by atoms with van der Waals surface area (Å²) >= 11 is 6.27. The van der Waals surface area contributed by atoms with Gasteiger partial charge in [-0.25, -0.2) is 13.7 Å². The molecule has 0 saturated carbocycles. The van der Waals surface area contributed by atoms with Gasteiger partial charge in [-0.3, -0.25) is 23.4 Å². The minimum Gasteiger partial charge on any atom is -0.387 e. The molecule has 0 bridgehead atoms. The predicted octanol–water partition coefficient (Wildman–Crippen LogP) is 1.76. The molecule has 40 heavy (non-hydrogen) atoms. The highest BCUT2D eigenvalue weighted by Crippen LogP contribution is 2.53. The summed E-state index contributed by atoms with van der Waals surface area (Å²) in [4.78, 5) is 56.9. The van der Waals surface area contributed by atoms with Gasteiger partial charge in [0.05, 0.1) is 18.8 Å². The van der Waals surface area contributed by atoms with Crippen LogP contribution in [-0.4, -0.2) is 63.9 Å². The normalized spacial score (nSPS) is 22.0. The number of benzene rings is 1. The Morgan fingerprint density at radius 2 is 1.82 bits per heavy atom. The smallest absolute Gasteiger partial charge is 0.387 e. The molecule has 3 heterocycles. The Bertz CT molecular complexity index is 1470. The molecule has 218 valence electrons. The molecular weight excluding hydrogens is 592 g/mol. The van der Waals surface area contributed by atoms with E-state index in [1.54, 1.807) is 24.3 Å². The van der Waals surface area contributed by atoms with E-state index in [1.807, 2.05) is 26.0 Å². The number of rotatable bonds is 9. The van der Waals surface area contributed by atoms with Gasteiger partial charge >= 0.3 is 22.1 Å². The van der Waals surface area contributed by atoms with Gasteiger partial charge in [-0.05, 0) is 23.8 Å². The minimum atomic E-state index is -4.90. The second-order valence-electron chi connectivity index (χ2n) is 8.09. The predicted molar refractivity (Wildman–Crippen MR) is 144 cm³/mol. The van der Waals surface area contributed by atoms with Gasteiger partial charge in [-0.15, -0.1) is 0 Å². The van der Waals surface area contributed by atoms with Gasteiger partial charge < -0.3 is 29.6 Å². The lowest BCUT2D eigenvalue weighted by Gasteiger charge is -2.19. The van der Waals surface area contributed by atoms with Crippen molar-refractivity contribution < 1.29 is 43.0 Å². The van der Waals surface area contributed by atoms with Crippen LogP contribution in [0.15, 0.2) is 64.4 Å². The van der Waals surface area contributed by atoms with Crippen molar-refractivity contribution in [3.63, 3.8) is 0 Å². The number of hydrogen-bond acceptors (Lipinski definition) is 11. The summed E-state index contributed by atoms with van der Waals surface area (Å²) in [6.45, 7) is 2.96. The van der Waals surface area contributed by atoms with Gasteiger partial charge in [0, 0.05) is 29.0 Å². The fourth-order valence-corrected chi connectivity index (χ4v) is 5.35. The van der Waals surface area contributed by atoms with Crippen molar-refractivity contribution in [1.29, 1.82) is 0 Å². The van der Waals surface area contributed by atoms with E-state index in [9.17, 15) is 29.3 Å². The second kappa shape index (κ2) is 14.0. The molecule has 2 aromatic heterocycles. The molecule has 4 rings (SSSR count). The van der Waals surface area contributed by atoms with Gasteiger partial charge in [0.25, 0.3) is 5.56 Å². The molecule has 1 saturated heterocycles. The lowest BCUT2D eigenvalue weighted by atomic mass is 10.1. The van der Waals surface area contributed by atoms with Crippen LogP contribution in [0.2, 0.25) is 5.02 Å². The van der Waals surface area contributed by atoms with Crippen LogP contribution in [0.5, 0.6) is 0 Å². The van der Waals surface area contributed by atoms with Crippen LogP contribution in [0.4, 0.5) is 0 Å². The molecule has 1 aromatic carbocycles. The zero-order chi connectivity index (χ0) is 29.6. The van der Waals surface area contributed by atoms with Gasteiger partial charge in [0.15, 0.2) is 6.23 Å². The van der Waals surface area contributed by atoms with Gasteiger partial charge in [0.2, 0.25) is 0 Å². The van der Waals surface area contributed by atoms with Gasteiger partial charge in [0.1, 0.15) is 18.3 Å². The first-order valence-electron chi connectivity index (χ1n) is 11.8. The van der Waals surface area contributed by atoms with E-state index in [0.29, 0.717) is 16.3 Å². The second-order valence-corrected chi connectivity index (χ2v) is 10.9. The highest BCUT2D eigenvalue weighted by Gasteiger charge is 2.45. The van der Waals surface area contributed by atoms with Crippen LogP contribution in [0.3, 0.4) is 0 Å². The number of phosphoric acid groups is 1. The van der Waals surface area contributed by atoms with Crippen LogP contribution in [-0.2, 0) is 24.7 Å². The lowest BCUT2D eigenvalue weighted by molar-refractivity contribution is -0.0546. The fraction of sp³-hybridized carbons (Fsp3) is 0.348. The van der Waals surface area contributed by atoms with Crippen molar-refractivity contribution in [3.05, 3.63) is 86.4 Å². The number of phosphoric ester groups is 1. The Kier molecular flexibility index (Phi) is 11.3. The molecular formula is C23H28ClN3O11P2. The standard InChI is InChI=1S/C21H22ClN3O11P2.C2H6/c22-15-4-2-1-3-14(15)12-5-7-23-13(9-12)10-25-17(26)6-8-24(21(25)29)20-19(28)18(27)16(35-20)11-34-38(32,33)36-37(30)31;1-2/h1-9,16,18-20,27-28,30-31H,10-11H2,(H,32,33);1-2H3. The van der Waals surface area contributed by atoms with Crippen LogP contribution in [0.1, 0.15) is 25.8 Å². The molecule has 0 aliphatic carbocycles. The van der Waals surface area contributed by atoms with Crippen molar-refractivity contribution in [3.8, 4) is 11.1 Å². The molecule has 17 heteroatoms. The highest BCUT2D eigenvalue weighted by atomic mass is 35.5. The maximum absolute atomic E-state index is 13.2. The van der Waals surface area contributed by atoms with Crippen molar-refractivity contribution in [2.45, 2.75) is 44.9 Å². The number of pyridine rings is 1. The Hall–Kier alpha value is -2.32. The zero-order valence-electron chi connectivity index (χ0n) is 21.2. The Balaban J connectivity index is 0.00000216. The third-order valence-corrected chi connectivity index (χ3v) is 7.82. The van der Waals surface area contributed by atoms with Crippen molar-refractivity contribution in [2.24, 2.45) is 0 Å². The molecule has 14 nitrogen and oxygen atoms in total. The van der Waals surface area contributed by atoms with Gasteiger partial charge in [-0.2, -0.15) is 0 Å². The third-order valence-electron chi connectivity index (χ3n) is 5.61. The number of aliphatic hydroxyl groups excluding tert-OH is 2. The van der Waals surface area contributed by atoms with Crippen molar-refractivity contribution >= 4 is 28.0 Å². The first-order valence-corrected chi connectivity index (χ1v) is 14.9. The molecule has 5 unspecified atom stereocenters. The van der Waals surface area contributed by atoms with Crippen LogP contribution < -0.4 is 11.2 Å². The average Bonchev–Trinajstić information content (AvgIpc) is 3.19. The zero-order valence-corrected chi connectivity index (χ0v) is 23.8. The quantitative estimate of drug-likeness (QED) is 0.218. The van der Waals surface area contributed by atoms with E-state index in [0.717, 1.165) is 27.0 Å². The van der Waals surface area contributed by atoms with E-state index >= 15 is 0 Å². The molecule has 0 radical (unpaired) electrons. The first-order chi connectivity index (χ1) is 19.0. The van der Waals surface area contributed by atoms with Crippen molar-refractivity contribution in [1.82, 2.24) is 14.1 Å². The summed E-state index contributed by atoms with van der Waals surface area (Å²) in [7, 11) is -8.11. The maximum atomic E-state index is 13.2. The fourth-order valence-electron chi connectivity index (χ4n) is 3.84. The van der Waals surface area contributed by atoms with Crippen LogP contribution >= 0.6 is 28.0 Å². The summed E-state index contributed by atoms with van der Waals surface area (Å²) in [5.41, 5.74) is 0.262. The minimum absolute atomic E-state index is 0.231. The monoisotopic (exact) mass is 619 g/mol. The SMILES string of the molecule is CC.O=c1ccn(C2OC(COP(=O)(O)OP(O)O)C(O)C2O)c(=O)n1Cc1cc(-c2ccccc2Cl)ccn1. The number of halogens is 1. The number of ether oxygens (including phenoxy) is 1. The largest absolute Gasteiger partial charge is 0.479 e. The number of nitrogens with zero attached hydrogens (tertiary/aromatic N) is 3. The maximum Gasteiger partial charge on any atom is 0.479 e. The lowest BCUT2D eigenvalue weighted by Crippen LogP contribution is -2.43. The molecule has 0 amide bonds. The summed E-state index contributed by atoms with van der Waals surface area (Å²) in [5, 5.41) is 21.3. The van der Waals surface area contributed by atoms with E-state index < -0.39 is 58.8 Å². The number of aliphatic hydroxyl groups is 2. The van der Waals surface area contributed by atoms with Crippen LogP contribution in [0, 0.1) is 0 Å². The van der Waals surface area contributed by atoms with Crippen molar-refractivity contribution in [2.75, 3.05) is 6.61 Å². The topological polar surface area (TPSA) is 203 Å². The van der Waals surface area contributed by atoms with E-state index in [-0.39, 0.29) is 6.54 Å². The highest BCUT2D eigenvalue weighted by molar-refractivity contribution is 7.57. The first kappa shape index (κ1) is 32.2. The molecule has 1 aliphatic rings. The summed E-state index contributed by atoms with van der Waals surface area (Å²) < 4.78 is 27.4. The van der Waals surface area contributed by atoms with Gasteiger partial charge in [-0.1, -0.05) is 43.6 Å². The van der Waals surface area contributed by atoms with Crippen LogP contribution in [0.25, 0.3) is 11.1 Å². The molecule has 1 aliphatic heterocycles.